The van der Waals surface area contributed by atoms with Crippen molar-refractivity contribution in [3.05, 3.63) is 0 Å². The molecule has 118 valence electrons. The third-order valence-corrected chi connectivity index (χ3v) is 3.57. The molecule has 0 saturated carbocycles. The minimum Gasteiger partial charge on any atom is -0.481 e. The zero-order valence-corrected chi connectivity index (χ0v) is 13.2. The monoisotopic (exact) mass is 286 g/mol. The van der Waals surface area contributed by atoms with E-state index in [1.165, 1.54) is 0 Å². The molecular weight excluding hydrogens is 256 g/mol. The van der Waals surface area contributed by atoms with E-state index in [1.807, 2.05) is 13.8 Å². The van der Waals surface area contributed by atoms with Gasteiger partial charge >= 0.3 is 5.97 Å². The van der Waals surface area contributed by atoms with Crippen LogP contribution in [0.1, 0.15) is 53.4 Å². The molecule has 4 N–H and O–H groups in total. The topological polar surface area (TPSA) is 92.4 Å². The Kier molecular flexibility index (Phi) is 9.21. The fourth-order valence-corrected chi connectivity index (χ4v) is 2.33. The van der Waals surface area contributed by atoms with Crippen molar-refractivity contribution in [1.82, 2.24) is 5.32 Å². The number of nitrogens with two attached hydrogens (primary N) is 1. The molecule has 0 fully saturated rings. The second kappa shape index (κ2) is 9.75. The summed E-state index contributed by atoms with van der Waals surface area (Å²) in [7, 11) is 0. The van der Waals surface area contributed by atoms with Crippen LogP contribution >= 0.6 is 0 Å². The zero-order valence-electron chi connectivity index (χ0n) is 13.2. The number of hydrogen-bond donors (Lipinski definition) is 3. The van der Waals surface area contributed by atoms with Crippen LogP contribution < -0.4 is 11.1 Å². The molecular formula is C15H30N2O3. The Morgan fingerprint density at radius 2 is 1.85 bits per heavy atom. The molecule has 0 spiro atoms. The van der Waals surface area contributed by atoms with Crippen LogP contribution in [0.3, 0.4) is 0 Å². The Labute approximate surface area is 122 Å². The normalized spacial score (nSPS) is 15.7. The maximum Gasteiger partial charge on any atom is 0.303 e. The number of amides is 1. The van der Waals surface area contributed by atoms with Gasteiger partial charge in [-0.2, -0.15) is 0 Å². The van der Waals surface area contributed by atoms with Gasteiger partial charge in [-0.15, -0.1) is 0 Å². The maximum atomic E-state index is 11.8. The van der Waals surface area contributed by atoms with Gasteiger partial charge in [0.15, 0.2) is 0 Å². The minimum atomic E-state index is -0.818. The average molecular weight is 286 g/mol. The minimum absolute atomic E-state index is 0.0302. The molecule has 20 heavy (non-hydrogen) atoms. The number of carboxylic acid groups (broad SMARTS) is 1. The van der Waals surface area contributed by atoms with E-state index in [-0.39, 0.29) is 24.2 Å². The summed E-state index contributed by atoms with van der Waals surface area (Å²) in [5, 5.41) is 11.7. The van der Waals surface area contributed by atoms with Crippen LogP contribution in [0.25, 0.3) is 0 Å². The Morgan fingerprint density at radius 3 is 2.30 bits per heavy atom. The summed E-state index contributed by atoms with van der Waals surface area (Å²) in [4.78, 5) is 22.7. The third-order valence-electron chi connectivity index (χ3n) is 3.57. The van der Waals surface area contributed by atoms with Crippen molar-refractivity contribution < 1.29 is 14.7 Å². The van der Waals surface area contributed by atoms with E-state index in [9.17, 15) is 9.59 Å². The molecule has 0 radical (unpaired) electrons. The number of hydrogen-bond acceptors (Lipinski definition) is 3. The molecule has 5 heteroatoms. The van der Waals surface area contributed by atoms with Gasteiger partial charge in [0, 0.05) is 13.0 Å². The summed E-state index contributed by atoms with van der Waals surface area (Å²) < 4.78 is 0. The number of carbonyl (C=O) groups excluding carboxylic acids is 1. The van der Waals surface area contributed by atoms with Gasteiger partial charge in [-0.25, -0.2) is 0 Å². The SMILES string of the molecule is CCC[C@@H](C)C[C@H](CNC(=O)[C@@H](N)C(C)C)CC(=O)O. The Bertz CT molecular complexity index is 305. The van der Waals surface area contributed by atoms with Crippen molar-refractivity contribution in [2.24, 2.45) is 23.5 Å². The highest BCUT2D eigenvalue weighted by molar-refractivity contribution is 5.81. The van der Waals surface area contributed by atoms with Gasteiger partial charge in [-0.3, -0.25) is 9.59 Å². The fourth-order valence-electron chi connectivity index (χ4n) is 2.33. The summed E-state index contributed by atoms with van der Waals surface area (Å²) in [6.45, 7) is 8.41. The quantitative estimate of drug-likeness (QED) is 0.572. The van der Waals surface area contributed by atoms with Gasteiger partial charge in [-0.05, 0) is 24.2 Å². The lowest BCUT2D eigenvalue weighted by Crippen LogP contribution is -2.45. The molecule has 0 unspecified atom stereocenters. The molecule has 1 amide bonds. The zero-order chi connectivity index (χ0) is 15.7. The van der Waals surface area contributed by atoms with Crippen molar-refractivity contribution in [1.29, 1.82) is 0 Å². The molecule has 0 aromatic rings. The molecule has 0 saturated heterocycles. The smallest absolute Gasteiger partial charge is 0.303 e. The Hall–Kier alpha value is -1.10. The molecule has 0 aromatic carbocycles. The second-order valence-corrected chi connectivity index (χ2v) is 6.11. The number of carbonyl (C=O) groups is 2. The van der Waals surface area contributed by atoms with Crippen molar-refractivity contribution in [2.75, 3.05) is 6.54 Å². The predicted octanol–water partition coefficient (Wildman–Crippen LogP) is 2.00. The molecule has 0 aromatic heterocycles. The van der Waals surface area contributed by atoms with Crippen LogP contribution in [-0.2, 0) is 9.59 Å². The van der Waals surface area contributed by atoms with Gasteiger partial charge in [0.2, 0.25) is 5.91 Å². The van der Waals surface area contributed by atoms with Gasteiger partial charge < -0.3 is 16.2 Å². The van der Waals surface area contributed by atoms with Crippen molar-refractivity contribution in [2.45, 2.75) is 59.4 Å². The average Bonchev–Trinajstić information content (AvgIpc) is 2.34. The first-order valence-corrected chi connectivity index (χ1v) is 7.52. The fraction of sp³-hybridized carbons (Fsp3) is 0.867. The summed E-state index contributed by atoms with van der Waals surface area (Å²) in [5.74, 6) is -0.496. The summed E-state index contributed by atoms with van der Waals surface area (Å²) >= 11 is 0. The van der Waals surface area contributed by atoms with Gasteiger partial charge in [0.1, 0.15) is 0 Å². The lowest BCUT2D eigenvalue weighted by molar-refractivity contribution is -0.138. The molecule has 0 aliphatic carbocycles. The third kappa shape index (κ3) is 8.15. The van der Waals surface area contributed by atoms with Crippen LogP contribution in [0, 0.1) is 17.8 Å². The first kappa shape index (κ1) is 18.9. The number of rotatable bonds is 10. The van der Waals surface area contributed by atoms with Crippen molar-refractivity contribution in [3.8, 4) is 0 Å². The molecule has 5 nitrogen and oxygen atoms in total. The van der Waals surface area contributed by atoms with E-state index in [2.05, 4.69) is 19.2 Å². The molecule has 0 bridgehead atoms. The molecule has 0 aliphatic heterocycles. The van der Waals surface area contributed by atoms with Crippen molar-refractivity contribution >= 4 is 11.9 Å². The second-order valence-electron chi connectivity index (χ2n) is 6.11. The molecule has 3 atom stereocenters. The standard InChI is InChI=1S/C15H30N2O3/c1-5-6-11(4)7-12(8-13(18)19)9-17-15(20)14(16)10(2)3/h10-12,14H,5-9,16H2,1-4H3,(H,17,20)(H,18,19)/t11-,12+,14+/m1/s1. The maximum absolute atomic E-state index is 11.8. The highest BCUT2D eigenvalue weighted by Gasteiger charge is 2.21. The first-order valence-electron chi connectivity index (χ1n) is 7.52. The largest absolute Gasteiger partial charge is 0.481 e. The van der Waals surface area contributed by atoms with Crippen LogP contribution in [0.5, 0.6) is 0 Å². The number of carboxylic acids is 1. The van der Waals surface area contributed by atoms with E-state index in [1.54, 1.807) is 0 Å². The van der Waals surface area contributed by atoms with Crippen LogP contribution in [0.4, 0.5) is 0 Å². The molecule has 0 aliphatic rings. The van der Waals surface area contributed by atoms with Gasteiger partial charge in [0.25, 0.3) is 0 Å². The van der Waals surface area contributed by atoms with Gasteiger partial charge in [0.05, 0.1) is 6.04 Å². The van der Waals surface area contributed by atoms with E-state index < -0.39 is 12.0 Å². The Morgan fingerprint density at radius 1 is 1.25 bits per heavy atom. The Balaban J connectivity index is 4.35. The summed E-state index contributed by atoms with van der Waals surface area (Å²) in [6, 6.07) is -0.534. The number of nitrogens with one attached hydrogen (secondary N) is 1. The number of aliphatic carboxylic acids is 1. The van der Waals surface area contributed by atoms with Crippen LogP contribution in [0.2, 0.25) is 0 Å². The summed E-state index contributed by atoms with van der Waals surface area (Å²) in [5.41, 5.74) is 5.77. The first-order chi connectivity index (χ1) is 9.27. The van der Waals surface area contributed by atoms with E-state index in [0.29, 0.717) is 12.5 Å². The van der Waals surface area contributed by atoms with E-state index in [0.717, 1.165) is 19.3 Å². The lowest BCUT2D eigenvalue weighted by atomic mass is 9.90. The highest BCUT2D eigenvalue weighted by Crippen LogP contribution is 2.19. The van der Waals surface area contributed by atoms with Crippen LogP contribution in [-0.4, -0.2) is 29.6 Å². The predicted molar refractivity (Wildman–Crippen MR) is 80.3 cm³/mol. The van der Waals surface area contributed by atoms with Gasteiger partial charge in [-0.1, -0.05) is 40.5 Å². The van der Waals surface area contributed by atoms with Crippen molar-refractivity contribution in [3.63, 3.8) is 0 Å². The molecule has 0 heterocycles. The highest BCUT2D eigenvalue weighted by atomic mass is 16.4. The molecule has 0 rings (SSSR count). The summed E-state index contributed by atoms with van der Waals surface area (Å²) in [6.07, 6.45) is 3.07. The van der Waals surface area contributed by atoms with E-state index >= 15 is 0 Å². The lowest BCUT2D eigenvalue weighted by Gasteiger charge is -2.22. The van der Waals surface area contributed by atoms with Crippen LogP contribution in [0.15, 0.2) is 0 Å². The van der Waals surface area contributed by atoms with E-state index in [4.69, 9.17) is 10.8 Å².